The number of aryl methyl sites for hydroxylation is 1. The lowest BCUT2D eigenvalue weighted by Gasteiger charge is -2.34. The summed E-state index contributed by atoms with van der Waals surface area (Å²) in [5.41, 5.74) is 0. The summed E-state index contributed by atoms with van der Waals surface area (Å²) in [6, 6.07) is 10.1. The molecule has 8 heteroatoms. The van der Waals surface area contributed by atoms with Crippen LogP contribution in [0.4, 0.5) is 11.6 Å². The summed E-state index contributed by atoms with van der Waals surface area (Å²) in [6.45, 7) is 3.85. The van der Waals surface area contributed by atoms with Crippen molar-refractivity contribution in [3.05, 3.63) is 36.5 Å². The number of carbonyl (C=O) groups is 1. The van der Waals surface area contributed by atoms with Crippen LogP contribution in [-0.4, -0.2) is 57.7 Å². The second kappa shape index (κ2) is 6.81. The summed E-state index contributed by atoms with van der Waals surface area (Å²) in [5.74, 6) is 1.64. The second-order valence-electron chi connectivity index (χ2n) is 6.19. The average Bonchev–Trinajstić information content (AvgIpc) is 3.22. The first kappa shape index (κ1) is 16.0. The molecule has 25 heavy (non-hydrogen) atoms. The molecule has 1 aromatic carbocycles. The minimum atomic E-state index is -0.0220. The molecule has 1 aliphatic rings. The predicted molar refractivity (Wildman–Crippen MR) is 100 cm³/mol. The Morgan fingerprint density at radius 1 is 1.20 bits per heavy atom. The fraction of sp³-hybridized carbons (Fsp3) is 0.353. The lowest BCUT2D eigenvalue weighted by Crippen LogP contribution is -2.48. The summed E-state index contributed by atoms with van der Waals surface area (Å²) in [7, 11) is 1.83. The zero-order chi connectivity index (χ0) is 17.2. The molecule has 4 rings (SSSR count). The molecule has 7 nitrogen and oxygen atoms in total. The van der Waals surface area contributed by atoms with E-state index in [1.807, 2.05) is 19.3 Å². The number of carbonyl (C=O) groups excluding carboxylic acids is 1. The Kier molecular flexibility index (Phi) is 4.37. The molecule has 1 fully saturated rings. The summed E-state index contributed by atoms with van der Waals surface area (Å²) in [5, 5.41) is 8.22. The van der Waals surface area contributed by atoms with Crippen LogP contribution in [0.25, 0.3) is 10.1 Å². The molecule has 0 spiro atoms. The normalized spacial score (nSPS) is 15.6. The molecular formula is C17H20N6OS. The molecule has 2 aromatic heterocycles. The first-order chi connectivity index (χ1) is 12.2. The van der Waals surface area contributed by atoms with Crippen molar-refractivity contribution in [3.63, 3.8) is 0 Å². The molecule has 1 amide bonds. The maximum Gasteiger partial charge on any atom is 0.239 e. The van der Waals surface area contributed by atoms with E-state index in [-0.39, 0.29) is 5.91 Å². The first-order valence-electron chi connectivity index (χ1n) is 8.30. The highest BCUT2D eigenvalue weighted by atomic mass is 32.1. The van der Waals surface area contributed by atoms with Gasteiger partial charge in [-0.05, 0) is 23.7 Å². The standard InChI is InChI=1S/C17H20N6OS/c1-21-7-6-15(19-21)18-16(24)12-22-8-10-23(11-9-22)17-13-4-2-3-5-14(13)25-20-17/h2-7H,8-12H2,1H3,(H,18,19,24). The van der Waals surface area contributed by atoms with E-state index in [2.05, 4.69) is 42.8 Å². The Hall–Kier alpha value is -2.45. The van der Waals surface area contributed by atoms with Crippen molar-refractivity contribution in [1.82, 2.24) is 19.1 Å². The van der Waals surface area contributed by atoms with Gasteiger partial charge in [0.05, 0.1) is 11.2 Å². The number of fused-ring (bicyclic) bond motifs is 1. The zero-order valence-corrected chi connectivity index (χ0v) is 14.9. The number of hydrogen-bond donors (Lipinski definition) is 1. The van der Waals surface area contributed by atoms with E-state index in [4.69, 9.17) is 0 Å². The van der Waals surface area contributed by atoms with Gasteiger partial charge in [-0.2, -0.15) is 9.47 Å². The highest BCUT2D eigenvalue weighted by molar-refractivity contribution is 7.13. The molecule has 0 radical (unpaired) electrons. The predicted octanol–water partition coefficient (Wildman–Crippen LogP) is 1.79. The number of benzene rings is 1. The SMILES string of the molecule is Cn1ccc(NC(=O)CN2CCN(c3nsc4ccccc34)CC2)n1. The van der Waals surface area contributed by atoms with Crippen molar-refractivity contribution in [2.24, 2.45) is 7.05 Å². The Bertz CT molecular complexity index is 880. The van der Waals surface area contributed by atoms with Crippen LogP contribution in [0, 0.1) is 0 Å². The van der Waals surface area contributed by atoms with Crippen molar-refractivity contribution in [2.75, 3.05) is 42.9 Å². The van der Waals surface area contributed by atoms with Gasteiger partial charge < -0.3 is 10.2 Å². The lowest BCUT2D eigenvalue weighted by atomic mass is 10.2. The lowest BCUT2D eigenvalue weighted by molar-refractivity contribution is -0.117. The summed E-state index contributed by atoms with van der Waals surface area (Å²) >= 11 is 1.54. The topological polar surface area (TPSA) is 66.3 Å². The van der Waals surface area contributed by atoms with Crippen molar-refractivity contribution >= 4 is 39.2 Å². The number of aromatic nitrogens is 3. The van der Waals surface area contributed by atoms with Crippen LogP contribution < -0.4 is 10.2 Å². The van der Waals surface area contributed by atoms with E-state index < -0.39 is 0 Å². The van der Waals surface area contributed by atoms with Crippen LogP contribution in [0.5, 0.6) is 0 Å². The molecule has 3 aromatic rings. The molecule has 0 aliphatic carbocycles. The van der Waals surface area contributed by atoms with Gasteiger partial charge in [-0.3, -0.25) is 14.4 Å². The number of anilines is 2. The van der Waals surface area contributed by atoms with E-state index in [1.165, 1.54) is 10.1 Å². The van der Waals surface area contributed by atoms with Crippen molar-refractivity contribution in [2.45, 2.75) is 0 Å². The Labute approximate surface area is 150 Å². The van der Waals surface area contributed by atoms with Gasteiger partial charge in [0.1, 0.15) is 5.82 Å². The number of nitrogens with one attached hydrogen (secondary N) is 1. The minimum Gasteiger partial charge on any atom is -0.353 e. The third kappa shape index (κ3) is 3.49. The maximum atomic E-state index is 12.1. The van der Waals surface area contributed by atoms with Crippen molar-refractivity contribution < 1.29 is 4.79 Å². The quantitative estimate of drug-likeness (QED) is 0.772. The van der Waals surface area contributed by atoms with Gasteiger partial charge in [0.15, 0.2) is 5.82 Å². The summed E-state index contributed by atoms with van der Waals surface area (Å²) in [4.78, 5) is 16.6. The van der Waals surface area contributed by atoms with Gasteiger partial charge >= 0.3 is 0 Å². The van der Waals surface area contributed by atoms with Gasteiger partial charge in [0.2, 0.25) is 5.91 Å². The van der Waals surface area contributed by atoms with E-state index in [9.17, 15) is 4.79 Å². The van der Waals surface area contributed by atoms with Gasteiger partial charge in [-0.25, -0.2) is 0 Å². The maximum absolute atomic E-state index is 12.1. The average molecular weight is 356 g/mol. The van der Waals surface area contributed by atoms with E-state index in [1.54, 1.807) is 22.3 Å². The molecule has 0 atom stereocenters. The number of amides is 1. The Morgan fingerprint density at radius 3 is 2.76 bits per heavy atom. The third-order valence-electron chi connectivity index (χ3n) is 4.38. The molecule has 0 unspecified atom stereocenters. The van der Waals surface area contributed by atoms with Gasteiger partial charge in [-0.15, -0.1) is 0 Å². The van der Waals surface area contributed by atoms with Crippen LogP contribution >= 0.6 is 11.5 Å². The number of hydrogen-bond acceptors (Lipinski definition) is 6. The number of piperazine rings is 1. The molecule has 3 heterocycles. The Balaban J connectivity index is 1.33. The van der Waals surface area contributed by atoms with E-state index >= 15 is 0 Å². The second-order valence-corrected chi connectivity index (χ2v) is 6.99. The summed E-state index contributed by atoms with van der Waals surface area (Å²) in [6.07, 6.45) is 1.81. The molecule has 0 saturated carbocycles. The van der Waals surface area contributed by atoms with Crippen LogP contribution in [0.1, 0.15) is 0 Å². The zero-order valence-electron chi connectivity index (χ0n) is 14.1. The van der Waals surface area contributed by atoms with E-state index in [0.717, 1.165) is 32.0 Å². The third-order valence-corrected chi connectivity index (χ3v) is 5.20. The van der Waals surface area contributed by atoms with Crippen LogP contribution in [0.3, 0.4) is 0 Å². The molecule has 1 aliphatic heterocycles. The molecule has 1 saturated heterocycles. The largest absolute Gasteiger partial charge is 0.353 e. The van der Waals surface area contributed by atoms with E-state index in [0.29, 0.717) is 12.4 Å². The van der Waals surface area contributed by atoms with Gasteiger partial charge in [0.25, 0.3) is 0 Å². The van der Waals surface area contributed by atoms with Crippen LogP contribution in [0.2, 0.25) is 0 Å². The first-order valence-corrected chi connectivity index (χ1v) is 9.07. The smallest absolute Gasteiger partial charge is 0.239 e. The minimum absolute atomic E-state index is 0.0220. The highest BCUT2D eigenvalue weighted by Crippen LogP contribution is 2.29. The van der Waals surface area contributed by atoms with Gasteiger partial charge in [-0.1, -0.05) is 12.1 Å². The van der Waals surface area contributed by atoms with Crippen molar-refractivity contribution in [1.29, 1.82) is 0 Å². The van der Waals surface area contributed by atoms with Crippen molar-refractivity contribution in [3.8, 4) is 0 Å². The van der Waals surface area contributed by atoms with Crippen LogP contribution in [-0.2, 0) is 11.8 Å². The van der Waals surface area contributed by atoms with Gasteiger partial charge in [0, 0.05) is 50.9 Å². The number of nitrogens with zero attached hydrogens (tertiary/aromatic N) is 5. The summed E-state index contributed by atoms with van der Waals surface area (Å²) < 4.78 is 7.51. The Morgan fingerprint density at radius 2 is 2.00 bits per heavy atom. The molecule has 130 valence electrons. The van der Waals surface area contributed by atoms with Crippen LogP contribution in [0.15, 0.2) is 36.5 Å². The highest BCUT2D eigenvalue weighted by Gasteiger charge is 2.22. The fourth-order valence-corrected chi connectivity index (χ4v) is 3.88. The number of rotatable bonds is 4. The molecular weight excluding hydrogens is 336 g/mol. The monoisotopic (exact) mass is 356 g/mol. The molecule has 0 bridgehead atoms. The fourth-order valence-electron chi connectivity index (χ4n) is 3.09. The molecule has 1 N–H and O–H groups in total.